The van der Waals surface area contributed by atoms with Crippen LogP contribution in [0.3, 0.4) is 0 Å². The first-order chi connectivity index (χ1) is 8.74. The molecule has 0 amide bonds. The molecule has 4 heteroatoms. The summed E-state index contributed by atoms with van der Waals surface area (Å²) in [6.07, 6.45) is 0.902. The van der Waals surface area contributed by atoms with Crippen molar-refractivity contribution in [3.8, 4) is 0 Å². The number of aliphatic hydroxyl groups excluding tert-OH is 1. The highest BCUT2D eigenvalue weighted by atomic mass is 16.6. The number of carbonyl (C=O) groups is 1. The predicted octanol–water partition coefficient (Wildman–Crippen LogP) is 1.92. The van der Waals surface area contributed by atoms with E-state index in [0.29, 0.717) is 24.0 Å². The van der Waals surface area contributed by atoms with Crippen LogP contribution in [0.2, 0.25) is 0 Å². The third kappa shape index (κ3) is 2.47. The molecule has 1 fully saturated rings. The second-order valence-corrected chi connectivity index (χ2v) is 6.08. The Kier molecular flexibility index (Phi) is 3.58. The van der Waals surface area contributed by atoms with Crippen LogP contribution in [-0.4, -0.2) is 28.1 Å². The standard InChI is InChI=1S/C15H22O4/c1-8(2)10-5-6-15(4,18)12(10)7-11-9(3)13(16)19-14(11)17/h10,12-13,16,18H,1,5-7H2,2-4H3/t10-,12+,13?,15-/m1/s1. The van der Waals surface area contributed by atoms with E-state index < -0.39 is 17.9 Å². The van der Waals surface area contributed by atoms with Crippen molar-refractivity contribution in [1.29, 1.82) is 0 Å². The van der Waals surface area contributed by atoms with Crippen LogP contribution in [0.4, 0.5) is 0 Å². The Morgan fingerprint density at radius 2 is 2.21 bits per heavy atom. The molecule has 2 N–H and O–H groups in total. The van der Waals surface area contributed by atoms with Gasteiger partial charge in [-0.2, -0.15) is 0 Å². The van der Waals surface area contributed by atoms with Gasteiger partial charge in [-0.15, -0.1) is 0 Å². The SMILES string of the molecule is C=C(C)[C@H]1CC[C@@](C)(O)[C@H]1CC1=C(C)C(O)OC1=O. The lowest BCUT2D eigenvalue weighted by Gasteiger charge is -2.30. The van der Waals surface area contributed by atoms with Crippen molar-refractivity contribution in [3.05, 3.63) is 23.3 Å². The summed E-state index contributed by atoms with van der Waals surface area (Å²) in [5.74, 6) is -0.304. The number of hydrogen-bond donors (Lipinski definition) is 2. The summed E-state index contributed by atoms with van der Waals surface area (Å²) in [5, 5.41) is 20.0. The number of aliphatic hydroxyl groups is 2. The molecule has 1 saturated carbocycles. The number of allylic oxidation sites excluding steroid dienone is 1. The van der Waals surface area contributed by atoms with E-state index in [2.05, 4.69) is 6.58 Å². The van der Waals surface area contributed by atoms with Crippen LogP contribution in [0.1, 0.15) is 40.0 Å². The summed E-state index contributed by atoms with van der Waals surface area (Å²) in [6, 6.07) is 0. The maximum atomic E-state index is 11.7. The van der Waals surface area contributed by atoms with E-state index in [1.165, 1.54) is 0 Å². The molecule has 0 saturated heterocycles. The maximum absolute atomic E-state index is 11.7. The first kappa shape index (κ1) is 14.3. The minimum absolute atomic E-state index is 0.0483. The zero-order valence-corrected chi connectivity index (χ0v) is 11.8. The number of ether oxygens (including phenoxy) is 1. The Labute approximate surface area is 113 Å². The van der Waals surface area contributed by atoms with Gasteiger partial charge >= 0.3 is 5.97 Å². The average Bonchev–Trinajstić information content (AvgIpc) is 2.71. The summed E-state index contributed by atoms with van der Waals surface area (Å²) in [4.78, 5) is 11.7. The Balaban J connectivity index is 2.25. The molecule has 106 valence electrons. The summed E-state index contributed by atoms with van der Waals surface area (Å²) in [7, 11) is 0. The van der Waals surface area contributed by atoms with Gasteiger partial charge < -0.3 is 14.9 Å². The third-order valence-electron chi connectivity index (χ3n) is 4.61. The van der Waals surface area contributed by atoms with Gasteiger partial charge in [0.15, 0.2) is 0 Å². The van der Waals surface area contributed by atoms with Crippen molar-refractivity contribution in [3.63, 3.8) is 0 Å². The molecule has 1 heterocycles. The Morgan fingerprint density at radius 3 is 2.68 bits per heavy atom. The molecule has 0 aromatic rings. The third-order valence-corrected chi connectivity index (χ3v) is 4.61. The fourth-order valence-corrected chi connectivity index (χ4v) is 3.25. The van der Waals surface area contributed by atoms with Crippen LogP contribution in [0.15, 0.2) is 23.3 Å². The average molecular weight is 266 g/mol. The van der Waals surface area contributed by atoms with Crippen LogP contribution in [0, 0.1) is 11.8 Å². The molecule has 2 aliphatic rings. The number of rotatable bonds is 3. The largest absolute Gasteiger partial charge is 0.428 e. The molecular formula is C15H22O4. The van der Waals surface area contributed by atoms with Crippen LogP contribution < -0.4 is 0 Å². The fraction of sp³-hybridized carbons (Fsp3) is 0.667. The molecule has 4 nitrogen and oxygen atoms in total. The predicted molar refractivity (Wildman–Crippen MR) is 71.1 cm³/mol. The first-order valence-electron chi connectivity index (χ1n) is 6.70. The van der Waals surface area contributed by atoms with Crippen molar-refractivity contribution < 1.29 is 19.7 Å². The van der Waals surface area contributed by atoms with Crippen LogP contribution >= 0.6 is 0 Å². The lowest BCUT2D eigenvalue weighted by Crippen LogP contribution is -2.33. The fourth-order valence-electron chi connectivity index (χ4n) is 3.25. The highest BCUT2D eigenvalue weighted by Crippen LogP contribution is 2.47. The monoisotopic (exact) mass is 266 g/mol. The molecule has 1 unspecified atom stereocenters. The van der Waals surface area contributed by atoms with Crippen molar-refractivity contribution in [1.82, 2.24) is 0 Å². The second-order valence-electron chi connectivity index (χ2n) is 6.08. The molecule has 0 aromatic heterocycles. The zero-order valence-electron chi connectivity index (χ0n) is 11.8. The molecule has 0 bridgehead atoms. The quantitative estimate of drug-likeness (QED) is 0.605. The molecular weight excluding hydrogens is 244 g/mol. The smallest absolute Gasteiger partial charge is 0.336 e. The Morgan fingerprint density at radius 1 is 1.58 bits per heavy atom. The molecule has 0 spiro atoms. The van der Waals surface area contributed by atoms with Gasteiger partial charge in [0.2, 0.25) is 6.29 Å². The van der Waals surface area contributed by atoms with E-state index >= 15 is 0 Å². The van der Waals surface area contributed by atoms with Crippen LogP contribution in [0.5, 0.6) is 0 Å². The van der Waals surface area contributed by atoms with Gasteiger partial charge in [0.05, 0.1) is 5.60 Å². The molecule has 4 atom stereocenters. The zero-order chi connectivity index (χ0) is 14.4. The molecule has 1 aliphatic heterocycles. The molecule has 0 aromatic carbocycles. The number of cyclic esters (lactones) is 1. The second kappa shape index (κ2) is 4.76. The topological polar surface area (TPSA) is 66.8 Å². The van der Waals surface area contributed by atoms with Crippen molar-refractivity contribution in [2.45, 2.75) is 51.9 Å². The number of carbonyl (C=O) groups excluding carboxylic acids is 1. The normalized spacial score (nSPS) is 38.8. The van der Waals surface area contributed by atoms with Gasteiger partial charge in [-0.3, -0.25) is 0 Å². The lowest BCUT2D eigenvalue weighted by atomic mass is 9.79. The van der Waals surface area contributed by atoms with E-state index in [1.54, 1.807) is 6.92 Å². The Bertz CT molecular complexity index is 447. The minimum Gasteiger partial charge on any atom is -0.428 e. The molecule has 0 radical (unpaired) electrons. The van der Waals surface area contributed by atoms with E-state index in [0.717, 1.165) is 12.0 Å². The van der Waals surface area contributed by atoms with E-state index in [1.807, 2.05) is 13.8 Å². The van der Waals surface area contributed by atoms with E-state index in [-0.39, 0.29) is 11.8 Å². The summed E-state index contributed by atoms with van der Waals surface area (Å²) in [6.45, 7) is 9.46. The number of hydrogen-bond acceptors (Lipinski definition) is 4. The van der Waals surface area contributed by atoms with Gasteiger partial charge in [-0.25, -0.2) is 4.79 Å². The summed E-state index contributed by atoms with van der Waals surface area (Å²) in [5.41, 5.74) is 1.30. The van der Waals surface area contributed by atoms with E-state index in [9.17, 15) is 15.0 Å². The van der Waals surface area contributed by atoms with Gasteiger partial charge in [0.25, 0.3) is 0 Å². The minimum atomic E-state index is -1.13. The van der Waals surface area contributed by atoms with Gasteiger partial charge in [0.1, 0.15) is 0 Å². The Hall–Kier alpha value is -1.13. The van der Waals surface area contributed by atoms with Gasteiger partial charge in [-0.05, 0) is 51.9 Å². The van der Waals surface area contributed by atoms with Crippen LogP contribution in [0.25, 0.3) is 0 Å². The van der Waals surface area contributed by atoms with Gasteiger partial charge in [0, 0.05) is 11.1 Å². The lowest BCUT2D eigenvalue weighted by molar-refractivity contribution is -0.152. The first-order valence-corrected chi connectivity index (χ1v) is 6.70. The van der Waals surface area contributed by atoms with Crippen molar-refractivity contribution in [2.75, 3.05) is 0 Å². The molecule has 2 rings (SSSR count). The van der Waals surface area contributed by atoms with Crippen LogP contribution in [-0.2, 0) is 9.53 Å². The summed E-state index contributed by atoms with van der Waals surface area (Å²) >= 11 is 0. The molecule has 1 aliphatic carbocycles. The maximum Gasteiger partial charge on any atom is 0.336 e. The number of esters is 1. The van der Waals surface area contributed by atoms with E-state index in [4.69, 9.17) is 4.74 Å². The molecule has 19 heavy (non-hydrogen) atoms. The van der Waals surface area contributed by atoms with Crippen molar-refractivity contribution in [2.24, 2.45) is 11.8 Å². The summed E-state index contributed by atoms with van der Waals surface area (Å²) < 4.78 is 4.80. The highest BCUT2D eigenvalue weighted by Gasteiger charge is 2.46. The van der Waals surface area contributed by atoms with Gasteiger partial charge in [-0.1, -0.05) is 12.2 Å². The highest BCUT2D eigenvalue weighted by molar-refractivity contribution is 5.92. The van der Waals surface area contributed by atoms with Crippen molar-refractivity contribution >= 4 is 5.97 Å².